The summed E-state index contributed by atoms with van der Waals surface area (Å²) >= 11 is 0. The normalized spacial score (nSPS) is 12.8. The third-order valence-corrected chi connectivity index (χ3v) is 3.32. The predicted octanol–water partition coefficient (Wildman–Crippen LogP) is 4.09. The van der Waals surface area contributed by atoms with Crippen molar-refractivity contribution in [1.82, 2.24) is 5.32 Å². The topological polar surface area (TPSA) is 21.3 Å². The van der Waals surface area contributed by atoms with Crippen LogP contribution in [0.2, 0.25) is 0 Å². The van der Waals surface area contributed by atoms with Gasteiger partial charge < -0.3 is 10.1 Å². The van der Waals surface area contributed by atoms with E-state index in [4.69, 9.17) is 4.74 Å². The molecule has 0 amide bonds. The molecule has 1 aromatic carbocycles. The summed E-state index contributed by atoms with van der Waals surface area (Å²) in [6.45, 7) is 9.60. The minimum absolute atomic E-state index is 0.388. The van der Waals surface area contributed by atoms with Crippen molar-refractivity contribution in [3.63, 3.8) is 0 Å². The van der Waals surface area contributed by atoms with Crippen LogP contribution in [0.3, 0.4) is 0 Å². The van der Waals surface area contributed by atoms with E-state index >= 15 is 0 Å². The Morgan fingerprint density at radius 1 is 1.22 bits per heavy atom. The van der Waals surface area contributed by atoms with Gasteiger partial charge in [-0.25, -0.2) is 0 Å². The van der Waals surface area contributed by atoms with Gasteiger partial charge in [-0.2, -0.15) is 0 Å². The van der Waals surface area contributed by atoms with E-state index in [9.17, 15) is 0 Å². The summed E-state index contributed by atoms with van der Waals surface area (Å²) in [6, 6.07) is 6.83. The average Bonchev–Trinajstić information content (AvgIpc) is 2.34. The van der Waals surface area contributed by atoms with Gasteiger partial charge in [0.25, 0.3) is 0 Å². The first-order valence-electron chi connectivity index (χ1n) is 6.95. The van der Waals surface area contributed by atoms with Gasteiger partial charge in [-0.3, -0.25) is 0 Å². The zero-order chi connectivity index (χ0) is 13.5. The molecule has 1 N–H and O–H groups in total. The zero-order valence-electron chi connectivity index (χ0n) is 12.4. The highest BCUT2D eigenvalue weighted by Crippen LogP contribution is 2.23. The maximum atomic E-state index is 5.84. The number of nitrogens with one attached hydrogen (secondary N) is 1. The van der Waals surface area contributed by atoms with Crippen LogP contribution in [-0.2, 0) is 0 Å². The van der Waals surface area contributed by atoms with Gasteiger partial charge in [-0.05, 0) is 56.8 Å². The molecule has 1 rings (SSSR count). The van der Waals surface area contributed by atoms with Gasteiger partial charge in [-0.15, -0.1) is 0 Å². The van der Waals surface area contributed by atoms with Crippen molar-refractivity contribution in [2.24, 2.45) is 5.92 Å². The van der Waals surface area contributed by atoms with Crippen molar-refractivity contribution >= 4 is 0 Å². The lowest BCUT2D eigenvalue weighted by atomic mass is 10.1. The van der Waals surface area contributed by atoms with Crippen molar-refractivity contribution < 1.29 is 4.74 Å². The molecule has 0 bridgehead atoms. The summed E-state index contributed by atoms with van der Waals surface area (Å²) in [6.07, 6.45) is 2.36. The quantitative estimate of drug-likeness (QED) is 0.735. The fourth-order valence-electron chi connectivity index (χ4n) is 1.94. The van der Waals surface area contributed by atoms with Crippen molar-refractivity contribution in [2.45, 2.75) is 46.6 Å². The molecule has 0 fully saturated rings. The van der Waals surface area contributed by atoms with Gasteiger partial charge in [0, 0.05) is 6.04 Å². The summed E-state index contributed by atoms with van der Waals surface area (Å²) in [7, 11) is 1.98. The Morgan fingerprint density at radius 3 is 2.50 bits per heavy atom. The van der Waals surface area contributed by atoms with Crippen LogP contribution in [-0.4, -0.2) is 13.7 Å². The number of aryl methyl sites for hydroxylation is 1. The second-order valence-corrected chi connectivity index (χ2v) is 5.42. The first-order valence-corrected chi connectivity index (χ1v) is 6.95. The predicted molar refractivity (Wildman–Crippen MR) is 78.2 cm³/mol. The molecular weight excluding hydrogens is 222 g/mol. The number of hydrogen-bond acceptors (Lipinski definition) is 2. The van der Waals surface area contributed by atoms with Crippen LogP contribution in [0.25, 0.3) is 0 Å². The van der Waals surface area contributed by atoms with Crippen LogP contribution in [0, 0.1) is 12.8 Å². The van der Waals surface area contributed by atoms with E-state index in [1.54, 1.807) is 0 Å². The standard InChI is InChI=1S/C16H27NO/c1-12(2)7-6-10-18-16-9-8-15(11-13(16)3)14(4)17-5/h8-9,11-12,14,17H,6-7,10H2,1-5H3. The lowest BCUT2D eigenvalue weighted by Gasteiger charge is -2.14. The van der Waals surface area contributed by atoms with Crippen molar-refractivity contribution in [1.29, 1.82) is 0 Å². The van der Waals surface area contributed by atoms with E-state index in [2.05, 4.69) is 51.2 Å². The summed E-state index contributed by atoms with van der Waals surface area (Å²) in [4.78, 5) is 0. The molecule has 0 aliphatic carbocycles. The number of benzene rings is 1. The Morgan fingerprint density at radius 2 is 1.94 bits per heavy atom. The molecule has 0 aliphatic heterocycles. The van der Waals surface area contributed by atoms with Gasteiger partial charge in [0.05, 0.1) is 6.61 Å². The summed E-state index contributed by atoms with van der Waals surface area (Å²) in [5, 5.41) is 3.25. The molecule has 2 nitrogen and oxygen atoms in total. The maximum Gasteiger partial charge on any atom is 0.122 e. The SMILES string of the molecule is CNC(C)c1ccc(OCCCC(C)C)c(C)c1. The van der Waals surface area contributed by atoms with E-state index in [1.165, 1.54) is 17.5 Å². The van der Waals surface area contributed by atoms with Gasteiger partial charge in [0.1, 0.15) is 5.75 Å². The van der Waals surface area contributed by atoms with Crippen LogP contribution in [0.5, 0.6) is 5.75 Å². The fraction of sp³-hybridized carbons (Fsp3) is 0.625. The first kappa shape index (κ1) is 15.0. The Balaban J connectivity index is 2.52. The molecule has 0 aromatic heterocycles. The van der Waals surface area contributed by atoms with Crippen molar-refractivity contribution in [3.05, 3.63) is 29.3 Å². The molecule has 0 aliphatic rings. The highest BCUT2D eigenvalue weighted by Gasteiger charge is 2.06. The molecule has 1 atom stereocenters. The second kappa shape index (κ2) is 7.42. The van der Waals surface area contributed by atoms with Crippen LogP contribution >= 0.6 is 0 Å². The molecule has 0 saturated heterocycles. The van der Waals surface area contributed by atoms with E-state index in [0.29, 0.717) is 6.04 Å². The summed E-state index contributed by atoms with van der Waals surface area (Å²) in [5.74, 6) is 1.78. The Bertz CT molecular complexity index is 360. The Hall–Kier alpha value is -1.02. The minimum Gasteiger partial charge on any atom is -0.493 e. The van der Waals surface area contributed by atoms with Gasteiger partial charge in [-0.1, -0.05) is 26.0 Å². The van der Waals surface area contributed by atoms with Crippen LogP contribution in [0.4, 0.5) is 0 Å². The van der Waals surface area contributed by atoms with Crippen LogP contribution in [0.1, 0.15) is 50.8 Å². The largest absolute Gasteiger partial charge is 0.493 e. The molecule has 1 unspecified atom stereocenters. The van der Waals surface area contributed by atoms with E-state index in [0.717, 1.165) is 24.7 Å². The molecule has 0 saturated carbocycles. The van der Waals surface area contributed by atoms with Gasteiger partial charge >= 0.3 is 0 Å². The van der Waals surface area contributed by atoms with Crippen LogP contribution in [0.15, 0.2) is 18.2 Å². The molecular formula is C16H27NO. The van der Waals surface area contributed by atoms with E-state index < -0.39 is 0 Å². The lowest BCUT2D eigenvalue weighted by Crippen LogP contribution is -2.12. The lowest BCUT2D eigenvalue weighted by molar-refractivity contribution is 0.296. The Labute approximate surface area is 112 Å². The fourth-order valence-corrected chi connectivity index (χ4v) is 1.94. The third kappa shape index (κ3) is 4.69. The molecule has 0 radical (unpaired) electrons. The molecule has 0 heterocycles. The van der Waals surface area contributed by atoms with Gasteiger partial charge in [0.15, 0.2) is 0 Å². The maximum absolute atomic E-state index is 5.84. The monoisotopic (exact) mass is 249 g/mol. The van der Waals surface area contributed by atoms with Crippen molar-refractivity contribution in [2.75, 3.05) is 13.7 Å². The van der Waals surface area contributed by atoms with Crippen LogP contribution < -0.4 is 10.1 Å². The average molecular weight is 249 g/mol. The highest BCUT2D eigenvalue weighted by atomic mass is 16.5. The number of ether oxygens (including phenoxy) is 1. The molecule has 18 heavy (non-hydrogen) atoms. The molecule has 0 spiro atoms. The highest BCUT2D eigenvalue weighted by molar-refractivity contribution is 5.37. The Kier molecular flexibility index (Phi) is 6.20. The number of hydrogen-bond donors (Lipinski definition) is 1. The van der Waals surface area contributed by atoms with E-state index in [-0.39, 0.29) is 0 Å². The molecule has 102 valence electrons. The third-order valence-electron chi connectivity index (χ3n) is 3.32. The van der Waals surface area contributed by atoms with Crippen molar-refractivity contribution in [3.8, 4) is 5.75 Å². The number of rotatable bonds is 7. The first-order chi connectivity index (χ1) is 8.54. The van der Waals surface area contributed by atoms with Gasteiger partial charge in [0.2, 0.25) is 0 Å². The molecule has 1 aromatic rings. The summed E-state index contributed by atoms with van der Waals surface area (Å²) in [5.41, 5.74) is 2.53. The minimum atomic E-state index is 0.388. The van der Waals surface area contributed by atoms with E-state index in [1.807, 2.05) is 7.05 Å². The zero-order valence-corrected chi connectivity index (χ0v) is 12.4. The molecule has 2 heteroatoms. The second-order valence-electron chi connectivity index (χ2n) is 5.42. The smallest absolute Gasteiger partial charge is 0.122 e. The summed E-state index contributed by atoms with van der Waals surface area (Å²) < 4.78 is 5.84.